The highest BCUT2D eigenvalue weighted by atomic mass is 32.2. The Hall–Kier alpha value is -1.86. The summed E-state index contributed by atoms with van der Waals surface area (Å²) in [5.41, 5.74) is 0.685. The largest absolute Gasteiger partial charge is 0.352 e. The van der Waals surface area contributed by atoms with E-state index < -0.39 is 0 Å². The molecule has 22 heavy (non-hydrogen) atoms. The van der Waals surface area contributed by atoms with E-state index in [1.165, 1.54) is 0 Å². The number of aryl methyl sites for hydroxylation is 1. The van der Waals surface area contributed by atoms with Crippen LogP contribution in [0.3, 0.4) is 0 Å². The number of amides is 1. The van der Waals surface area contributed by atoms with E-state index in [1.807, 2.05) is 24.3 Å². The van der Waals surface area contributed by atoms with Crippen LogP contribution in [0.1, 0.15) is 22.1 Å². The van der Waals surface area contributed by atoms with Gasteiger partial charge in [-0.15, -0.1) is 11.8 Å². The SMILES string of the molecule is Cc1noc(CSc2ccc(C(=O)NCC3CNC3)cc2)n1. The predicted molar refractivity (Wildman–Crippen MR) is 83.7 cm³/mol. The summed E-state index contributed by atoms with van der Waals surface area (Å²) >= 11 is 1.60. The topological polar surface area (TPSA) is 80.0 Å². The molecule has 2 heterocycles. The average molecular weight is 318 g/mol. The van der Waals surface area contributed by atoms with Crippen molar-refractivity contribution in [1.29, 1.82) is 0 Å². The third kappa shape index (κ3) is 3.86. The van der Waals surface area contributed by atoms with Crippen molar-refractivity contribution in [2.24, 2.45) is 5.92 Å². The lowest BCUT2D eigenvalue weighted by atomic mass is 10.0. The number of carbonyl (C=O) groups is 1. The minimum Gasteiger partial charge on any atom is -0.352 e. The van der Waals surface area contributed by atoms with Crippen molar-refractivity contribution in [2.75, 3.05) is 19.6 Å². The van der Waals surface area contributed by atoms with Crippen molar-refractivity contribution >= 4 is 17.7 Å². The second-order valence-corrected chi connectivity index (χ2v) is 6.33. The van der Waals surface area contributed by atoms with Crippen molar-refractivity contribution in [3.63, 3.8) is 0 Å². The third-order valence-corrected chi connectivity index (χ3v) is 4.46. The minimum atomic E-state index is -0.0176. The first-order valence-electron chi connectivity index (χ1n) is 7.21. The Kier molecular flexibility index (Phi) is 4.74. The molecule has 0 spiro atoms. The van der Waals surface area contributed by atoms with Gasteiger partial charge in [0.1, 0.15) is 0 Å². The molecule has 1 aromatic heterocycles. The van der Waals surface area contributed by atoms with Gasteiger partial charge in [0, 0.05) is 36.0 Å². The highest BCUT2D eigenvalue weighted by Gasteiger charge is 2.17. The molecule has 0 aliphatic carbocycles. The summed E-state index contributed by atoms with van der Waals surface area (Å²) in [6, 6.07) is 7.56. The molecular formula is C15H18N4O2S. The molecule has 1 aliphatic heterocycles. The van der Waals surface area contributed by atoms with Gasteiger partial charge in [-0.05, 0) is 31.2 Å². The Bertz CT molecular complexity index is 637. The highest BCUT2D eigenvalue weighted by molar-refractivity contribution is 7.98. The monoisotopic (exact) mass is 318 g/mol. The van der Waals surface area contributed by atoms with E-state index in [9.17, 15) is 4.79 Å². The van der Waals surface area contributed by atoms with E-state index in [0.29, 0.717) is 28.9 Å². The van der Waals surface area contributed by atoms with Gasteiger partial charge in [0.15, 0.2) is 5.82 Å². The quantitative estimate of drug-likeness (QED) is 0.788. The van der Waals surface area contributed by atoms with E-state index in [-0.39, 0.29) is 5.91 Å². The summed E-state index contributed by atoms with van der Waals surface area (Å²) < 4.78 is 5.07. The zero-order valence-electron chi connectivity index (χ0n) is 12.3. The fourth-order valence-corrected chi connectivity index (χ4v) is 2.81. The molecule has 2 aromatic rings. The number of benzene rings is 1. The number of carbonyl (C=O) groups excluding carboxylic acids is 1. The van der Waals surface area contributed by atoms with E-state index in [1.54, 1.807) is 18.7 Å². The summed E-state index contributed by atoms with van der Waals surface area (Å²) in [5.74, 6) is 2.43. The summed E-state index contributed by atoms with van der Waals surface area (Å²) in [6.45, 7) is 4.51. The van der Waals surface area contributed by atoms with Crippen LogP contribution in [-0.2, 0) is 5.75 Å². The summed E-state index contributed by atoms with van der Waals surface area (Å²) in [4.78, 5) is 17.2. The lowest BCUT2D eigenvalue weighted by molar-refractivity contribution is 0.0942. The molecule has 6 nitrogen and oxygen atoms in total. The number of aromatic nitrogens is 2. The molecule has 116 valence electrons. The summed E-state index contributed by atoms with van der Waals surface area (Å²) in [7, 11) is 0. The highest BCUT2D eigenvalue weighted by Crippen LogP contribution is 2.22. The second-order valence-electron chi connectivity index (χ2n) is 5.28. The molecule has 1 saturated heterocycles. The van der Waals surface area contributed by atoms with Crippen molar-refractivity contribution in [1.82, 2.24) is 20.8 Å². The fourth-order valence-electron chi connectivity index (χ4n) is 2.08. The molecule has 3 rings (SSSR count). The number of rotatable bonds is 6. The summed E-state index contributed by atoms with van der Waals surface area (Å²) in [5, 5.41) is 9.91. The zero-order valence-corrected chi connectivity index (χ0v) is 13.2. The van der Waals surface area contributed by atoms with Gasteiger partial charge in [-0.25, -0.2) is 0 Å². The Balaban J connectivity index is 1.49. The average Bonchev–Trinajstić information content (AvgIpc) is 2.89. The molecule has 0 atom stereocenters. The molecule has 1 fully saturated rings. The molecule has 0 radical (unpaired) electrons. The smallest absolute Gasteiger partial charge is 0.251 e. The van der Waals surface area contributed by atoms with Crippen LogP contribution in [0.4, 0.5) is 0 Å². The van der Waals surface area contributed by atoms with Gasteiger partial charge in [0.05, 0.1) is 5.75 Å². The number of nitrogens with zero attached hydrogens (tertiary/aromatic N) is 2. The molecule has 0 bridgehead atoms. The van der Waals surface area contributed by atoms with Gasteiger partial charge in [-0.3, -0.25) is 4.79 Å². The van der Waals surface area contributed by atoms with Gasteiger partial charge in [0.25, 0.3) is 5.91 Å². The number of thioether (sulfide) groups is 1. The molecule has 1 aliphatic rings. The molecular weight excluding hydrogens is 300 g/mol. The van der Waals surface area contributed by atoms with Gasteiger partial charge >= 0.3 is 0 Å². The first-order valence-corrected chi connectivity index (χ1v) is 8.20. The molecule has 1 amide bonds. The Morgan fingerprint density at radius 2 is 2.18 bits per heavy atom. The fraction of sp³-hybridized carbons (Fsp3) is 0.400. The zero-order chi connectivity index (χ0) is 15.4. The lowest BCUT2D eigenvalue weighted by Crippen LogP contribution is -2.48. The third-order valence-electron chi connectivity index (χ3n) is 3.47. The van der Waals surface area contributed by atoms with Crippen LogP contribution >= 0.6 is 11.8 Å². The van der Waals surface area contributed by atoms with Crippen LogP contribution in [-0.4, -0.2) is 35.7 Å². The van der Waals surface area contributed by atoms with Gasteiger partial charge in [-0.2, -0.15) is 4.98 Å². The first-order chi connectivity index (χ1) is 10.7. The van der Waals surface area contributed by atoms with Crippen LogP contribution in [0.25, 0.3) is 0 Å². The van der Waals surface area contributed by atoms with Crippen molar-refractivity contribution in [2.45, 2.75) is 17.6 Å². The standard InChI is InChI=1S/C15H18N4O2S/c1-10-18-14(21-19-10)9-22-13-4-2-12(3-5-13)15(20)17-8-11-6-16-7-11/h2-5,11,16H,6-9H2,1H3,(H,17,20). The van der Waals surface area contributed by atoms with Gasteiger partial charge in [0.2, 0.25) is 5.89 Å². The number of hydrogen-bond acceptors (Lipinski definition) is 6. The molecule has 0 unspecified atom stereocenters. The molecule has 7 heteroatoms. The van der Waals surface area contributed by atoms with Crippen molar-refractivity contribution in [3.05, 3.63) is 41.5 Å². The Morgan fingerprint density at radius 1 is 1.41 bits per heavy atom. The lowest BCUT2D eigenvalue weighted by Gasteiger charge is -2.27. The van der Waals surface area contributed by atoms with Crippen LogP contribution < -0.4 is 10.6 Å². The maximum absolute atomic E-state index is 12.0. The predicted octanol–water partition coefficient (Wildman–Crippen LogP) is 1.62. The van der Waals surface area contributed by atoms with Crippen LogP contribution in [0.5, 0.6) is 0 Å². The van der Waals surface area contributed by atoms with Gasteiger partial charge in [-0.1, -0.05) is 5.16 Å². The normalized spacial score (nSPS) is 14.6. The van der Waals surface area contributed by atoms with Crippen LogP contribution in [0.2, 0.25) is 0 Å². The minimum absolute atomic E-state index is 0.0176. The number of hydrogen-bond donors (Lipinski definition) is 2. The molecule has 1 aromatic carbocycles. The van der Waals surface area contributed by atoms with E-state index in [0.717, 1.165) is 24.5 Å². The van der Waals surface area contributed by atoms with Crippen LogP contribution in [0.15, 0.2) is 33.7 Å². The van der Waals surface area contributed by atoms with Crippen molar-refractivity contribution in [3.8, 4) is 0 Å². The van der Waals surface area contributed by atoms with E-state index in [2.05, 4.69) is 20.8 Å². The maximum atomic E-state index is 12.0. The molecule has 0 saturated carbocycles. The first kappa shape index (κ1) is 15.1. The van der Waals surface area contributed by atoms with Crippen LogP contribution in [0, 0.1) is 12.8 Å². The Labute approximate surface area is 133 Å². The molecule has 2 N–H and O–H groups in total. The van der Waals surface area contributed by atoms with Crippen molar-refractivity contribution < 1.29 is 9.32 Å². The van der Waals surface area contributed by atoms with E-state index in [4.69, 9.17) is 4.52 Å². The maximum Gasteiger partial charge on any atom is 0.251 e. The van der Waals surface area contributed by atoms with E-state index >= 15 is 0 Å². The number of nitrogens with one attached hydrogen (secondary N) is 2. The Morgan fingerprint density at radius 3 is 2.77 bits per heavy atom. The summed E-state index contributed by atoms with van der Waals surface area (Å²) in [6.07, 6.45) is 0. The second kappa shape index (κ2) is 6.93. The van der Waals surface area contributed by atoms with Gasteiger partial charge < -0.3 is 15.2 Å².